The molecule has 3 aromatic rings. The molecule has 0 saturated carbocycles. The van der Waals surface area contributed by atoms with E-state index in [-0.39, 0.29) is 35.4 Å². The number of benzene rings is 2. The Balaban J connectivity index is 1.41. The molecule has 0 N–H and O–H groups in total. The summed E-state index contributed by atoms with van der Waals surface area (Å²) >= 11 is 0. The first-order chi connectivity index (χ1) is 17.1. The van der Waals surface area contributed by atoms with Crippen molar-refractivity contribution in [2.45, 2.75) is 45.5 Å². The van der Waals surface area contributed by atoms with Crippen molar-refractivity contribution in [1.82, 2.24) is 19.6 Å². The number of hydrogen-bond donors (Lipinski definition) is 0. The van der Waals surface area contributed by atoms with Gasteiger partial charge in [0.2, 0.25) is 0 Å². The highest BCUT2D eigenvalue weighted by atomic mass is 19.4. The summed E-state index contributed by atoms with van der Waals surface area (Å²) in [7, 11) is 0. The van der Waals surface area contributed by atoms with Gasteiger partial charge in [0.25, 0.3) is 11.8 Å². The average Bonchev–Trinajstić information content (AvgIpc) is 3.53. The first-order valence-electron chi connectivity index (χ1n) is 12.0. The number of likely N-dealkylation sites (tertiary alicyclic amines) is 1. The van der Waals surface area contributed by atoms with E-state index in [0.29, 0.717) is 25.2 Å². The molecule has 0 spiro atoms. The summed E-state index contributed by atoms with van der Waals surface area (Å²) in [6, 6.07) is 13.4. The fourth-order valence-corrected chi connectivity index (χ4v) is 5.43. The molecule has 0 radical (unpaired) electrons. The minimum Gasteiger partial charge on any atom is -0.337 e. The molecule has 2 amide bonds. The van der Waals surface area contributed by atoms with Gasteiger partial charge in [-0.15, -0.1) is 0 Å². The maximum absolute atomic E-state index is 13.8. The Morgan fingerprint density at radius 3 is 2.33 bits per heavy atom. The topological polar surface area (TPSA) is 58.4 Å². The second-order valence-electron chi connectivity index (χ2n) is 9.77. The van der Waals surface area contributed by atoms with E-state index in [1.165, 1.54) is 12.1 Å². The van der Waals surface area contributed by atoms with Gasteiger partial charge in [0.05, 0.1) is 29.0 Å². The van der Waals surface area contributed by atoms with Crippen molar-refractivity contribution in [2.24, 2.45) is 5.92 Å². The number of carbonyl (C=O) groups excluding carboxylic acids is 2. The monoisotopic (exact) mass is 496 g/mol. The summed E-state index contributed by atoms with van der Waals surface area (Å²) in [5, 5.41) is 4.68. The van der Waals surface area contributed by atoms with Crippen molar-refractivity contribution in [3.05, 3.63) is 82.7 Å². The Morgan fingerprint density at radius 2 is 1.72 bits per heavy atom. The normalized spacial score (nSPS) is 19.9. The number of carbonyl (C=O) groups is 2. The van der Waals surface area contributed by atoms with E-state index in [1.807, 2.05) is 42.2 Å². The first-order valence-corrected chi connectivity index (χ1v) is 12.0. The standard InChI is InChI=1S/C27H27F3N4O2/c1-16(2)23-22-17(3)31-34(20-7-5-4-6-8-20)24(22)26(36)33(23)21-13-14-32(15-21)25(35)18-9-11-19(12-10-18)27(28,29)30/h4-12,16,21,23H,13-15H2,1-3H3. The minimum absolute atomic E-state index is 0.109. The van der Waals surface area contributed by atoms with E-state index in [1.54, 1.807) is 9.58 Å². The molecule has 1 saturated heterocycles. The van der Waals surface area contributed by atoms with E-state index in [9.17, 15) is 22.8 Å². The van der Waals surface area contributed by atoms with E-state index in [0.717, 1.165) is 29.1 Å². The molecule has 6 nitrogen and oxygen atoms in total. The number of amides is 2. The third-order valence-corrected chi connectivity index (χ3v) is 7.07. The number of rotatable bonds is 4. The van der Waals surface area contributed by atoms with Gasteiger partial charge in [-0.05, 0) is 55.7 Å². The minimum atomic E-state index is -4.45. The third kappa shape index (κ3) is 3.96. The van der Waals surface area contributed by atoms with E-state index < -0.39 is 11.7 Å². The van der Waals surface area contributed by atoms with E-state index >= 15 is 0 Å². The lowest BCUT2D eigenvalue weighted by Gasteiger charge is -2.33. The molecule has 2 unspecified atom stereocenters. The quantitative estimate of drug-likeness (QED) is 0.495. The number of nitrogens with zero attached hydrogens (tertiary/aromatic N) is 4. The molecule has 2 aliphatic rings. The molecule has 9 heteroatoms. The Morgan fingerprint density at radius 1 is 1.06 bits per heavy atom. The highest BCUT2D eigenvalue weighted by Crippen LogP contribution is 2.44. The van der Waals surface area contributed by atoms with Gasteiger partial charge in [0.15, 0.2) is 0 Å². The molecule has 0 bridgehead atoms. The van der Waals surface area contributed by atoms with Gasteiger partial charge >= 0.3 is 6.18 Å². The zero-order valence-corrected chi connectivity index (χ0v) is 20.3. The molecule has 1 fully saturated rings. The van der Waals surface area contributed by atoms with Crippen LogP contribution < -0.4 is 0 Å². The number of aromatic nitrogens is 2. The SMILES string of the molecule is Cc1nn(-c2ccccc2)c2c1C(C(C)C)N(C1CCN(C(=O)c3ccc(C(F)(F)F)cc3)C1)C2=O. The lowest BCUT2D eigenvalue weighted by molar-refractivity contribution is -0.137. The van der Waals surface area contributed by atoms with E-state index in [2.05, 4.69) is 18.9 Å². The molecule has 5 rings (SSSR count). The van der Waals surface area contributed by atoms with Gasteiger partial charge in [-0.1, -0.05) is 32.0 Å². The molecular weight excluding hydrogens is 469 g/mol. The number of halogens is 3. The molecule has 2 aromatic carbocycles. The Bertz CT molecular complexity index is 1300. The Labute approximate surface area is 207 Å². The molecule has 0 aliphatic carbocycles. The van der Waals surface area contributed by atoms with Crippen molar-refractivity contribution >= 4 is 11.8 Å². The van der Waals surface area contributed by atoms with Crippen LogP contribution in [0.4, 0.5) is 13.2 Å². The predicted octanol–water partition coefficient (Wildman–Crippen LogP) is 5.27. The Kier molecular flexibility index (Phi) is 5.89. The van der Waals surface area contributed by atoms with E-state index in [4.69, 9.17) is 0 Å². The zero-order valence-electron chi connectivity index (χ0n) is 20.3. The van der Waals surface area contributed by atoms with Crippen molar-refractivity contribution in [1.29, 1.82) is 0 Å². The molecular formula is C27H27F3N4O2. The van der Waals surface area contributed by atoms with Gasteiger partial charge in [0, 0.05) is 24.2 Å². The third-order valence-electron chi connectivity index (χ3n) is 7.07. The van der Waals surface area contributed by atoms with Gasteiger partial charge in [0.1, 0.15) is 5.69 Å². The number of alkyl halides is 3. The summed E-state index contributed by atoms with van der Waals surface area (Å²) in [6.07, 6.45) is -3.85. The molecule has 1 aromatic heterocycles. The summed E-state index contributed by atoms with van der Waals surface area (Å²) in [5.41, 5.74) is 2.51. The maximum atomic E-state index is 13.8. The Hall–Kier alpha value is -3.62. The highest BCUT2D eigenvalue weighted by molar-refractivity contribution is 5.99. The molecule has 2 aliphatic heterocycles. The molecule has 36 heavy (non-hydrogen) atoms. The highest BCUT2D eigenvalue weighted by Gasteiger charge is 2.48. The van der Waals surface area contributed by atoms with Crippen LogP contribution in [0.5, 0.6) is 0 Å². The zero-order chi connectivity index (χ0) is 25.8. The lowest BCUT2D eigenvalue weighted by atomic mass is 9.95. The number of aryl methyl sites for hydroxylation is 1. The molecule has 3 heterocycles. The van der Waals surface area contributed by atoms with Crippen LogP contribution >= 0.6 is 0 Å². The van der Waals surface area contributed by atoms with Crippen LogP contribution in [0, 0.1) is 12.8 Å². The van der Waals surface area contributed by atoms with Crippen LogP contribution in [-0.2, 0) is 6.18 Å². The first kappa shape index (κ1) is 24.1. The number of para-hydroxylation sites is 1. The van der Waals surface area contributed by atoms with Crippen molar-refractivity contribution in [2.75, 3.05) is 13.1 Å². The second-order valence-corrected chi connectivity index (χ2v) is 9.77. The van der Waals surface area contributed by atoms with Crippen LogP contribution in [0.25, 0.3) is 5.69 Å². The van der Waals surface area contributed by atoms with Gasteiger partial charge < -0.3 is 9.80 Å². The maximum Gasteiger partial charge on any atom is 0.416 e. The fourth-order valence-electron chi connectivity index (χ4n) is 5.43. The van der Waals surface area contributed by atoms with Crippen LogP contribution in [0.2, 0.25) is 0 Å². The molecule has 2 atom stereocenters. The number of hydrogen-bond acceptors (Lipinski definition) is 3. The van der Waals surface area contributed by atoms with Crippen LogP contribution in [-0.4, -0.2) is 50.5 Å². The largest absolute Gasteiger partial charge is 0.416 e. The van der Waals surface area contributed by atoms with Crippen molar-refractivity contribution < 1.29 is 22.8 Å². The molecule has 188 valence electrons. The van der Waals surface area contributed by atoms with Crippen LogP contribution in [0.1, 0.15) is 64.0 Å². The summed E-state index contributed by atoms with van der Waals surface area (Å²) in [5.74, 6) is -0.313. The van der Waals surface area contributed by atoms with Gasteiger partial charge in [-0.3, -0.25) is 9.59 Å². The number of fused-ring (bicyclic) bond motifs is 1. The summed E-state index contributed by atoms with van der Waals surface area (Å²) in [4.78, 5) is 30.4. The summed E-state index contributed by atoms with van der Waals surface area (Å²) in [6.45, 7) is 6.81. The van der Waals surface area contributed by atoms with Crippen LogP contribution in [0.15, 0.2) is 54.6 Å². The average molecular weight is 497 g/mol. The van der Waals surface area contributed by atoms with Crippen LogP contribution in [0.3, 0.4) is 0 Å². The fraction of sp³-hybridized carbons (Fsp3) is 0.370. The smallest absolute Gasteiger partial charge is 0.337 e. The van der Waals surface area contributed by atoms with Gasteiger partial charge in [-0.25, -0.2) is 4.68 Å². The lowest BCUT2D eigenvalue weighted by Crippen LogP contribution is -2.43. The van der Waals surface area contributed by atoms with Crippen molar-refractivity contribution in [3.63, 3.8) is 0 Å². The van der Waals surface area contributed by atoms with Gasteiger partial charge in [-0.2, -0.15) is 18.3 Å². The predicted molar refractivity (Wildman–Crippen MR) is 128 cm³/mol. The van der Waals surface area contributed by atoms with Crippen molar-refractivity contribution in [3.8, 4) is 5.69 Å². The second kappa shape index (κ2) is 8.80. The summed E-state index contributed by atoms with van der Waals surface area (Å²) < 4.78 is 40.4.